The van der Waals surface area contributed by atoms with Crippen LogP contribution in [0, 0.1) is 0 Å². The number of methoxy groups -OCH3 is 1. The van der Waals surface area contributed by atoms with Crippen LogP contribution >= 0.6 is 0 Å². The van der Waals surface area contributed by atoms with Crippen molar-refractivity contribution in [2.24, 2.45) is 0 Å². The lowest BCUT2D eigenvalue weighted by molar-refractivity contribution is 0.329. The summed E-state index contributed by atoms with van der Waals surface area (Å²) in [6.07, 6.45) is 9.15. The van der Waals surface area contributed by atoms with Gasteiger partial charge in [-0.05, 0) is 69.8 Å². The van der Waals surface area contributed by atoms with Crippen LogP contribution in [0.15, 0.2) is 30.0 Å². The Hall–Kier alpha value is -1.74. The second kappa shape index (κ2) is 6.79. The quantitative estimate of drug-likeness (QED) is 0.771. The van der Waals surface area contributed by atoms with Crippen LogP contribution in [0.25, 0.3) is 10.9 Å². The van der Waals surface area contributed by atoms with Crippen molar-refractivity contribution in [2.45, 2.75) is 45.6 Å². The normalized spacial score (nSPS) is 14.5. The highest BCUT2D eigenvalue weighted by Gasteiger charge is 2.25. The summed E-state index contributed by atoms with van der Waals surface area (Å²) < 4.78 is 5.69. The Kier molecular flexibility index (Phi) is 4.76. The first-order valence-electron chi connectivity index (χ1n) is 8.59. The Bertz CT molecular complexity index is 706. The maximum atomic E-state index is 5.69. The third-order valence-corrected chi connectivity index (χ3v) is 4.75. The van der Waals surface area contributed by atoms with Crippen molar-refractivity contribution in [2.75, 3.05) is 20.7 Å². The Morgan fingerprint density at radius 3 is 2.78 bits per heavy atom. The monoisotopic (exact) mass is 312 g/mol. The van der Waals surface area contributed by atoms with Crippen molar-refractivity contribution in [3.8, 4) is 5.75 Å². The maximum absolute atomic E-state index is 5.69. The molecule has 1 aliphatic rings. The van der Waals surface area contributed by atoms with Gasteiger partial charge in [0, 0.05) is 29.7 Å². The fourth-order valence-electron chi connectivity index (χ4n) is 3.15. The van der Waals surface area contributed by atoms with Gasteiger partial charge in [-0.1, -0.05) is 11.6 Å². The average Bonchev–Trinajstić information content (AvgIpc) is 3.31. The molecule has 2 aromatic rings. The minimum Gasteiger partial charge on any atom is -0.496 e. The van der Waals surface area contributed by atoms with Crippen molar-refractivity contribution in [3.63, 3.8) is 0 Å². The Morgan fingerprint density at radius 1 is 1.35 bits per heavy atom. The van der Waals surface area contributed by atoms with Crippen molar-refractivity contribution in [1.29, 1.82) is 0 Å². The van der Waals surface area contributed by atoms with Crippen molar-refractivity contribution in [1.82, 2.24) is 9.88 Å². The van der Waals surface area contributed by atoms with Crippen LogP contribution in [0.2, 0.25) is 0 Å². The molecule has 0 atom stereocenters. The van der Waals surface area contributed by atoms with E-state index >= 15 is 0 Å². The van der Waals surface area contributed by atoms with E-state index in [1.807, 2.05) is 0 Å². The van der Waals surface area contributed by atoms with Gasteiger partial charge in [0.2, 0.25) is 0 Å². The van der Waals surface area contributed by atoms with E-state index in [1.165, 1.54) is 40.4 Å². The molecule has 23 heavy (non-hydrogen) atoms. The lowest BCUT2D eigenvalue weighted by atomic mass is 10.0. The van der Waals surface area contributed by atoms with E-state index < -0.39 is 0 Å². The lowest BCUT2D eigenvalue weighted by Crippen LogP contribution is -2.23. The van der Waals surface area contributed by atoms with E-state index in [0.29, 0.717) is 0 Å². The van der Waals surface area contributed by atoms with Gasteiger partial charge in [0.1, 0.15) is 5.75 Å². The summed E-state index contributed by atoms with van der Waals surface area (Å²) in [5.41, 5.74) is 5.18. The van der Waals surface area contributed by atoms with Gasteiger partial charge < -0.3 is 14.6 Å². The zero-order chi connectivity index (χ0) is 16.4. The number of hydrogen-bond acceptors (Lipinski definition) is 2. The summed E-state index contributed by atoms with van der Waals surface area (Å²) >= 11 is 0. The van der Waals surface area contributed by atoms with E-state index in [4.69, 9.17) is 4.74 Å². The molecule has 1 fully saturated rings. The van der Waals surface area contributed by atoms with E-state index in [9.17, 15) is 0 Å². The SMILES string of the molecule is COc1cc(CC=C(C)C)cc2[nH]cc(CCN(C)C3CC3)c12. The van der Waals surface area contributed by atoms with Gasteiger partial charge in [-0.2, -0.15) is 0 Å². The third kappa shape index (κ3) is 3.78. The number of hydrogen-bond donors (Lipinski definition) is 1. The third-order valence-electron chi connectivity index (χ3n) is 4.75. The van der Waals surface area contributed by atoms with Gasteiger partial charge in [-0.25, -0.2) is 0 Å². The second-order valence-corrected chi connectivity index (χ2v) is 6.98. The van der Waals surface area contributed by atoms with Crippen LogP contribution < -0.4 is 4.74 Å². The summed E-state index contributed by atoms with van der Waals surface area (Å²) in [5.74, 6) is 0.991. The average molecular weight is 312 g/mol. The minimum absolute atomic E-state index is 0.817. The Labute approximate surface area is 139 Å². The fourth-order valence-corrected chi connectivity index (χ4v) is 3.15. The topological polar surface area (TPSA) is 28.3 Å². The number of nitrogens with zero attached hydrogens (tertiary/aromatic N) is 1. The molecule has 0 bridgehead atoms. The molecule has 1 aromatic carbocycles. The van der Waals surface area contributed by atoms with Gasteiger partial charge in [0.25, 0.3) is 0 Å². The molecule has 1 heterocycles. The zero-order valence-electron chi connectivity index (χ0n) is 14.8. The summed E-state index contributed by atoms with van der Waals surface area (Å²) in [6.45, 7) is 5.39. The second-order valence-electron chi connectivity index (χ2n) is 6.98. The summed E-state index contributed by atoms with van der Waals surface area (Å²) in [6, 6.07) is 5.26. The largest absolute Gasteiger partial charge is 0.496 e. The van der Waals surface area contributed by atoms with Gasteiger partial charge in [0.15, 0.2) is 0 Å². The molecule has 1 aliphatic carbocycles. The van der Waals surface area contributed by atoms with Gasteiger partial charge >= 0.3 is 0 Å². The molecule has 3 rings (SSSR count). The number of likely N-dealkylation sites (N-methyl/N-ethyl adjacent to an activating group) is 1. The highest BCUT2D eigenvalue weighted by atomic mass is 16.5. The number of nitrogens with one attached hydrogen (secondary N) is 1. The zero-order valence-corrected chi connectivity index (χ0v) is 14.8. The maximum Gasteiger partial charge on any atom is 0.128 e. The van der Waals surface area contributed by atoms with Crippen LogP contribution in [0.1, 0.15) is 37.8 Å². The van der Waals surface area contributed by atoms with Crippen molar-refractivity contribution in [3.05, 3.63) is 41.1 Å². The predicted octanol–water partition coefficient (Wildman–Crippen LogP) is 4.32. The molecule has 0 radical (unpaired) electrons. The molecule has 3 heteroatoms. The molecule has 0 amide bonds. The van der Waals surface area contributed by atoms with E-state index in [2.05, 4.69) is 55.2 Å². The molecular formula is C20H28N2O. The number of H-pyrrole nitrogens is 1. The highest BCUT2D eigenvalue weighted by molar-refractivity contribution is 5.90. The molecule has 3 nitrogen and oxygen atoms in total. The molecule has 0 aliphatic heterocycles. The first kappa shape index (κ1) is 16.1. The summed E-state index contributed by atoms with van der Waals surface area (Å²) in [5, 5.41) is 1.25. The molecular weight excluding hydrogens is 284 g/mol. The number of aromatic nitrogens is 1. The van der Waals surface area contributed by atoms with E-state index in [-0.39, 0.29) is 0 Å². The van der Waals surface area contributed by atoms with Crippen LogP contribution in [0.5, 0.6) is 5.75 Å². The molecule has 0 unspecified atom stereocenters. The first-order chi connectivity index (χ1) is 11.1. The van der Waals surface area contributed by atoms with Gasteiger partial charge in [-0.15, -0.1) is 0 Å². The number of aromatic amines is 1. The van der Waals surface area contributed by atoms with Crippen molar-refractivity contribution >= 4 is 10.9 Å². The van der Waals surface area contributed by atoms with Crippen LogP contribution in [0.3, 0.4) is 0 Å². The molecule has 1 N–H and O–H groups in total. The Morgan fingerprint density at radius 2 is 2.13 bits per heavy atom. The lowest BCUT2D eigenvalue weighted by Gasteiger charge is -2.15. The number of rotatable bonds is 7. The standard InChI is InChI=1S/C20H28N2O/c1-14(2)5-6-15-11-18-20(19(12-15)23-4)16(13-21-18)9-10-22(3)17-7-8-17/h5,11-13,17,21H,6-10H2,1-4H3. The highest BCUT2D eigenvalue weighted by Crippen LogP contribution is 2.32. The van der Waals surface area contributed by atoms with E-state index in [1.54, 1.807) is 7.11 Å². The molecule has 0 spiro atoms. The smallest absolute Gasteiger partial charge is 0.128 e. The Balaban J connectivity index is 1.84. The predicted molar refractivity (Wildman–Crippen MR) is 97.3 cm³/mol. The van der Waals surface area contributed by atoms with Gasteiger partial charge in [0.05, 0.1) is 7.11 Å². The molecule has 1 aromatic heterocycles. The molecule has 124 valence electrons. The first-order valence-corrected chi connectivity index (χ1v) is 8.59. The number of ether oxygens (including phenoxy) is 1. The van der Waals surface area contributed by atoms with Gasteiger partial charge in [-0.3, -0.25) is 0 Å². The molecule has 0 saturated heterocycles. The number of allylic oxidation sites excluding steroid dienone is 2. The summed E-state index contributed by atoms with van der Waals surface area (Å²) in [7, 11) is 4.01. The molecule has 1 saturated carbocycles. The minimum atomic E-state index is 0.817. The fraction of sp³-hybridized carbons (Fsp3) is 0.500. The van der Waals surface area contributed by atoms with Crippen LogP contribution in [0.4, 0.5) is 0 Å². The summed E-state index contributed by atoms with van der Waals surface area (Å²) in [4.78, 5) is 5.92. The van der Waals surface area contributed by atoms with Crippen molar-refractivity contribution < 1.29 is 4.74 Å². The number of benzene rings is 1. The number of fused-ring (bicyclic) bond motifs is 1. The van der Waals surface area contributed by atoms with Crippen LogP contribution in [-0.4, -0.2) is 36.6 Å². The van der Waals surface area contributed by atoms with E-state index in [0.717, 1.165) is 31.2 Å². The van der Waals surface area contributed by atoms with Crippen LogP contribution in [-0.2, 0) is 12.8 Å².